The van der Waals surface area contributed by atoms with E-state index in [2.05, 4.69) is 25.5 Å². The number of aromatic nitrogens is 2. The molecule has 0 aliphatic carbocycles. The number of ether oxygens (including phenoxy) is 1. The molecule has 0 unspecified atom stereocenters. The van der Waals surface area contributed by atoms with Crippen LogP contribution in [0.25, 0.3) is 0 Å². The highest BCUT2D eigenvalue weighted by Gasteiger charge is 2.54. The highest BCUT2D eigenvalue weighted by Crippen LogP contribution is 2.39. The third-order valence-corrected chi connectivity index (χ3v) is 9.67. The summed E-state index contributed by atoms with van der Waals surface area (Å²) in [6, 6.07) is 12.5. The number of rotatable bonds is 8. The van der Waals surface area contributed by atoms with Crippen molar-refractivity contribution in [1.29, 1.82) is 0 Å². The topological polar surface area (TPSA) is 167 Å². The molecule has 5 rings (SSSR count). The normalized spacial score (nSPS) is 19.5. The SMILES string of the molecule is COc1cc(N2CCC(N3C(O)(O)CN(C)CC3(O)O)CC2)ccc1Nc1ncc(Cl)c(Nc2ccccc2P(C)(C)=O)n1. The van der Waals surface area contributed by atoms with Crippen molar-refractivity contribution in [2.24, 2.45) is 0 Å². The maximum atomic E-state index is 12.8. The molecule has 238 valence electrons. The van der Waals surface area contributed by atoms with E-state index in [4.69, 9.17) is 16.3 Å². The number of nitrogens with zero attached hydrogens (tertiary/aromatic N) is 5. The first-order valence-electron chi connectivity index (χ1n) is 14.2. The van der Waals surface area contributed by atoms with Gasteiger partial charge in [0.05, 0.1) is 37.8 Å². The zero-order valence-electron chi connectivity index (χ0n) is 25.1. The molecule has 2 fully saturated rings. The van der Waals surface area contributed by atoms with E-state index in [0.29, 0.717) is 59.2 Å². The van der Waals surface area contributed by atoms with Crippen LogP contribution in [0.2, 0.25) is 5.02 Å². The summed E-state index contributed by atoms with van der Waals surface area (Å²) in [5.74, 6) is -3.55. The van der Waals surface area contributed by atoms with Gasteiger partial charge in [0.1, 0.15) is 17.9 Å². The van der Waals surface area contributed by atoms with Crippen molar-refractivity contribution >= 4 is 52.9 Å². The lowest BCUT2D eigenvalue weighted by atomic mass is 9.99. The fourth-order valence-electron chi connectivity index (χ4n) is 5.98. The molecule has 15 heteroatoms. The summed E-state index contributed by atoms with van der Waals surface area (Å²) in [4.78, 5) is 13.5. The number of piperazine rings is 1. The molecule has 13 nitrogen and oxygen atoms in total. The molecule has 2 aliphatic heterocycles. The second-order valence-corrected chi connectivity index (χ2v) is 15.3. The first-order chi connectivity index (χ1) is 20.7. The molecule has 0 amide bonds. The summed E-state index contributed by atoms with van der Waals surface area (Å²) >= 11 is 6.40. The van der Waals surface area contributed by atoms with E-state index < -0.39 is 25.0 Å². The first kappa shape index (κ1) is 32.4. The van der Waals surface area contributed by atoms with E-state index in [0.717, 1.165) is 10.6 Å². The lowest BCUT2D eigenvalue weighted by molar-refractivity contribution is -0.422. The lowest BCUT2D eigenvalue weighted by Gasteiger charge is -2.54. The number of benzene rings is 2. The Morgan fingerprint density at radius 3 is 2.30 bits per heavy atom. The van der Waals surface area contributed by atoms with Gasteiger partial charge in [0.15, 0.2) is 5.82 Å². The molecular weight excluding hydrogens is 609 g/mol. The Balaban J connectivity index is 1.29. The number of hydrogen-bond acceptors (Lipinski definition) is 13. The number of para-hydroxylation sites is 1. The third kappa shape index (κ3) is 6.95. The minimum absolute atomic E-state index is 0.122. The number of β-amino-alcohol motifs (C(OH)–C–C–N with tert-alkyl or cyclic N) is 4. The van der Waals surface area contributed by atoms with Gasteiger partial charge in [-0.05, 0) is 57.5 Å². The Morgan fingerprint density at radius 2 is 1.66 bits per heavy atom. The Bertz CT molecular complexity index is 1530. The quantitative estimate of drug-likeness (QED) is 0.156. The highest BCUT2D eigenvalue weighted by molar-refractivity contribution is 7.70. The van der Waals surface area contributed by atoms with Crippen molar-refractivity contribution in [3.8, 4) is 5.75 Å². The van der Waals surface area contributed by atoms with Crippen LogP contribution >= 0.6 is 18.7 Å². The molecule has 3 heterocycles. The summed E-state index contributed by atoms with van der Waals surface area (Å²) < 4.78 is 18.5. The van der Waals surface area contributed by atoms with Crippen molar-refractivity contribution in [2.75, 3.05) is 69.2 Å². The smallest absolute Gasteiger partial charge is 0.242 e. The third-order valence-electron chi connectivity index (χ3n) is 7.84. The molecule has 0 saturated carbocycles. The van der Waals surface area contributed by atoms with E-state index in [9.17, 15) is 25.0 Å². The zero-order chi connectivity index (χ0) is 31.9. The maximum Gasteiger partial charge on any atom is 0.242 e. The van der Waals surface area contributed by atoms with Crippen LogP contribution in [-0.4, -0.2) is 112 Å². The largest absolute Gasteiger partial charge is 0.494 e. The van der Waals surface area contributed by atoms with Gasteiger partial charge >= 0.3 is 0 Å². The lowest BCUT2D eigenvalue weighted by Crippen LogP contribution is -2.75. The minimum Gasteiger partial charge on any atom is -0.494 e. The van der Waals surface area contributed by atoms with Gasteiger partial charge < -0.3 is 45.3 Å². The molecule has 2 aromatic carbocycles. The Kier molecular flexibility index (Phi) is 9.14. The van der Waals surface area contributed by atoms with Crippen molar-refractivity contribution < 1.29 is 29.7 Å². The highest BCUT2D eigenvalue weighted by atomic mass is 35.5. The van der Waals surface area contributed by atoms with Crippen LogP contribution in [0, 0.1) is 0 Å². The van der Waals surface area contributed by atoms with Gasteiger partial charge in [-0.3, -0.25) is 4.90 Å². The van der Waals surface area contributed by atoms with Crippen LogP contribution in [0.5, 0.6) is 5.75 Å². The molecule has 1 aromatic heterocycles. The summed E-state index contributed by atoms with van der Waals surface area (Å²) in [6.07, 6.45) is 2.45. The van der Waals surface area contributed by atoms with Gasteiger partial charge in [-0.15, -0.1) is 0 Å². The van der Waals surface area contributed by atoms with Crippen LogP contribution in [0.15, 0.2) is 48.7 Å². The van der Waals surface area contributed by atoms with Crippen LogP contribution in [0.3, 0.4) is 0 Å². The number of hydrogen-bond donors (Lipinski definition) is 6. The molecule has 2 aliphatic rings. The van der Waals surface area contributed by atoms with Crippen molar-refractivity contribution in [2.45, 2.75) is 30.7 Å². The Hall–Kier alpha value is -3.00. The Labute approximate surface area is 261 Å². The zero-order valence-corrected chi connectivity index (χ0v) is 26.8. The van der Waals surface area contributed by atoms with E-state index >= 15 is 0 Å². The number of aliphatic hydroxyl groups is 4. The van der Waals surface area contributed by atoms with Crippen molar-refractivity contribution in [3.63, 3.8) is 0 Å². The summed E-state index contributed by atoms with van der Waals surface area (Å²) in [6.45, 7) is 4.28. The predicted molar refractivity (Wildman–Crippen MR) is 171 cm³/mol. The average Bonchev–Trinajstić information content (AvgIpc) is 2.93. The Morgan fingerprint density at radius 1 is 1.00 bits per heavy atom. The van der Waals surface area contributed by atoms with E-state index in [1.54, 1.807) is 27.5 Å². The van der Waals surface area contributed by atoms with Gasteiger partial charge in [0, 0.05) is 36.2 Å². The van der Waals surface area contributed by atoms with Crippen molar-refractivity contribution in [1.82, 2.24) is 19.8 Å². The van der Waals surface area contributed by atoms with Gasteiger partial charge in [0.25, 0.3) is 0 Å². The molecule has 44 heavy (non-hydrogen) atoms. The van der Waals surface area contributed by atoms with Gasteiger partial charge in [0.2, 0.25) is 17.8 Å². The second kappa shape index (κ2) is 12.4. The average molecular weight is 648 g/mol. The number of likely N-dealkylation sites (N-methyl/N-ethyl adjacent to an activating group) is 1. The minimum atomic E-state index is -2.56. The molecule has 6 N–H and O–H groups in total. The van der Waals surface area contributed by atoms with Crippen LogP contribution in [0.1, 0.15) is 12.8 Å². The van der Waals surface area contributed by atoms with Gasteiger partial charge in [-0.1, -0.05) is 23.7 Å². The summed E-state index contributed by atoms with van der Waals surface area (Å²) in [5.41, 5.74) is 2.17. The molecule has 2 saturated heterocycles. The summed E-state index contributed by atoms with van der Waals surface area (Å²) in [5, 5.41) is 49.7. The van der Waals surface area contributed by atoms with Crippen LogP contribution in [0.4, 0.5) is 28.8 Å². The second-order valence-electron chi connectivity index (χ2n) is 11.7. The summed E-state index contributed by atoms with van der Waals surface area (Å²) in [7, 11) is 0.602. The van der Waals surface area contributed by atoms with E-state index in [-0.39, 0.29) is 19.0 Å². The molecule has 0 bridgehead atoms. The van der Waals surface area contributed by atoms with Crippen LogP contribution < -0.4 is 25.6 Å². The number of methoxy groups -OCH3 is 1. The number of nitrogens with one attached hydrogen (secondary N) is 2. The van der Waals surface area contributed by atoms with E-state index in [1.807, 2.05) is 42.5 Å². The standard InChI is InChI=1S/C29H39ClN7O6P/c1-35-17-28(38,39)37(29(40,41)18-35)19-11-13-36(14-12-19)20-9-10-22(24(15-20)43-2)33-27-31-16-21(30)26(34-27)32-23-7-5-6-8-25(23)44(3,4)42/h5-10,15-16,19,38-41H,11-14,17-18H2,1-4H3,(H2,31,32,33,34). The number of halogens is 1. The van der Waals surface area contributed by atoms with Crippen molar-refractivity contribution in [3.05, 3.63) is 53.7 Å². The van der Waals surface area contributed by atoms with Gasteiger partial charge in [-0.25, -0.2) is 4.98 Å². The molecular formula is C29H39ClN7O6P. The van der Waals surface area contributed by atoms with Crippen LogP contribution in [-0.2, 0) is 4.57 Å². The number of anilines is 5. The van der Waals surface area contributed by atoms with Gasteiger partial charge in [-0.2, -0.15) is 9.88 Å². The predicted octanol–water partition coefficient (Wildman–Crippen LogP) is 2.37. The fourth-order valence-corrected chi connectivity index (χ4v) is 7.27. The molecule has 0 spiro atoms. The fraction of sp³-hybridized carbons (Fsp3) is 0.448. The molecule has 3 aromatic rings. The van der Waals surface area contributed by atoms with E-state index in [1.165, 1.54) is 11.1 Å². The first-order valence-corrected chi connectivity index (χ1v) is 17.2. The maximum absolute atomic E-state index is 12.8. The number of piperidine rings is 1. The monoisotopic (exact) mass is 647 g/mol. The molecule has 0 radical (unpaired) electrons. The molecule has 0 atom stereocenters.